The van der Waals surface area contributed by atoms with Crippen LogP contribution in [-0.4, -0.2) is 17.6 Å². The smallest absolute Gasteiger partial charge is 0.232 e. The predicted octanol–water partition coefficient (Wildman–Crippen LogP) is 5.63. The lowest BCUT2D eigenvalue weighted by Crippen LogP contribution is -2.41. The molecule has 0 saturated carbocycles. The Morgan fingerprint density at radius 2 is 1.70 bits per heavy atom. The average Bonchev–Trinajstić information content (AvgIpc) is 3.34. The van der Waals surface area contributed by atoms with Crippen molar-refractivity contribution < 1.29 is 14.4 Å². The Bertz CT molecular complexity index is 1230. The van der Waals surface area contributed by atoms with Crippen molar-refractivity contribution in [3.8, 4) is 0 Å². The third-order valence-electron chi connectivity index (χ3n) is 6.33. The molecule has 2 heterocycles. The zero-order chi connectivity index (χ0) is 22.9. The van der Waals surface area contributed by atoms with Crippen molar-refractivity contribution in [2.45, 2.75) is 38.0 Å². The number of carbonyl (C=O) groups is 3. The Labute approximate surface area is 196 Å². The Kier molecular flexibility index (Phi) is 5.68. The monoisotopic (exact) mass is 456 g/mol. The molecule has 1 aromatic heterocycles. The average molecular weight is 457 g/mol. The van der Waals surface area contributed by atoms with Gasteiger partial charge in [-0.1, -0.05) is 36.4 Å². The van der Waals surface area contributed by atoms with Crippen molar-refractivity contribution >= 4 is 40.3 Å². The van der Waals surface area contributed by atoms with E-state index in [1.807, 2.05) is 47.8 Å². The molecule has 0 saturated heterocycles. The molecule has 2 aliphatic rings. The summed E-state index contributed by atoms with van der Waals surface area (Å²) in [5, 5.41) is 4.75. The topological polar surface area (TPSA) is 66.5 Å². The molecule has 2 unspecified atom stereocenters. The van der Waals surface area contributed by atoms with Gasteiger partial charge in [-0.25, -0.2) is 0 Å². The largest absolute Gasteiger partial charge is 0.326 e. The summed E-state index contributed by atoms with van der Waals surface area (Å²) < 4.78 is 0. The van der Waals surface area contributed by atoms with Gasteiger partial charge in [-0.2, -0.15) is 0 Å². The van der Waals surface area contributed by atoms with Crippen molar-refractivity contribution in [3.05, 3.63) is 93.8 Å². The minimum absolute atomic E-state index is 0.0130. The van der Waals surface area contributed by atoms with Crippen LogP contribution in [0.1, 0.15) is 48.5 Å². The first-order valence-corrected chi connectivity index (χ1v) is 11.9. The molecular weight excluding hydrogens is 432 g/mol. The highest BCUT2D eigenvalue weighted by atomic mass is 32.1. The highest BCUT2D eigenvalue weighted by molar-refractivity contribution is 7.10. The van der Waals surface area contributed by atoms with Crippen LogP contribution in [0.15, 0.2) is 83.4 Å². The molecule has 33 heavy (non-hydrogen) atoms. The van der Waals surface area contributed by atoms with Crippen molar-refractivity contribution in [1.82, 2.24) is 0 Å². The van der Waals surface area contributed by atoms with Gasteiger partial charge in [0.15, 0.2) is 5.78 Å². The highest BCUT2D eigenvalue weighted by Crippen LogP contribution is 2.47. The quantitative estimate of drug-likeness (QED) is 0.553. The van der Waals surface area contributed by atoms with E-state index >= 15 is 0 Å². The lowest BCUT2D eigenvalue weighted by atomic mass is 9.74. The van der Waals surface area contributed by atoms with E-state index in [1.54, 1.807) is 28.4 Å². The molecule has 1 aliphatic carbocycles. The maximum atomic E-state index is 13.5. The van der Waals surface area contributed by atoms with Gasteiger partial charge in [0.25, 0.3) is 0 Å². The fraction of sp³-hybridized carbons (Fsp3) is 0.222. The first-order chi connectivity index (χ1) is 16.0. The molecule has 5 nitrogen and oxygen atoms in total. The molecule has 166 valence electrons. The summed E-state index contributed by atoms with van der Waals surface area (Å²) >= 11 is 1.59. The lowest BCUT2D eigenvalue weighted by molar-refractivity contribution is -0.120. The highest BCUT2D eigenvalue weighted by Gasteiger charge is 2.42. The first kappa shape index (κ1) is 21.3. The Morgan fingerprint density at radius 3 is 2.36 bits per heavy atom. The summed E-state index contributed by atoms with van der Waals surface area (Å²) in [6.45, 7) is 1.46. The van der Waals surface area contributed by atoms with Crippen LogP contribution < -0.4 is 10.2 Å². The van der Waals surface area contributed by atoms with Crippen LogP contribution in [0, 0.1) is 0 Å². The van der Waals surface area contributed by atoms with Gasteiger partial charge in [-0.05, 0) is 53.6 Å². The van der Waals surface area contributed by atoms with E-state index < -0.39 is 0 Å². The number of amides is 2. The number of hydrogen-bond donors (Lipinski definition) is 1. The maximum absolute atomic E-state index is 13.5. The van der Waals surface area contributed by atoms with E-state index in [0.717, 1.165) is 21.7 Å². The second-order valence-corrected chi connectivity index (χ2v) is 9.51. The zero-order valence-corrected chi connectivity index (χ0v) is 19.1. The van der Waals surface area contributed by atoms with Gasteiger partial charge in [0.05, 0.1) is 0 Å². The number of anilines is 2. The molecule has 2 atom stereocenters. The van der Waals surface area contributed by atoms with E-state index in [4.69, 9.17) is 0 Å². The second-order valence-electron chi connectivity index (χ2n) is 8.53. The van der Waals surface area contributed by atoms with Gasteiger partial charge >= 0.3 is 0 Å². The molecule has 5 rings (SSSR count). The van der Waals surface area contributed by atoms with Crippen molar-refractivity contribution in [2.24, 2.45) is 0 Å². The fourth-order valence-electron chi connectivity index (χ4n) is 4.93. The first-order valence-electron chi connectivity index (χ1n) is 11.1. The van der Waals surface area contributed by atoms with Crippen molar-refractivity contribution in [3.63, 3.8) is 0 Å². The minimum atomic E-state index is -0.188. The number of ketones is 1. The minimum Gasteiger partial charge on any atom is -0.326 e. The summed E-state index contributed by atoms with van der Waals surface area (Å²) in [5.41, 5.74) is 4.08. The lowest BCUT2D eigenvalue weighted by Gasteiger charge is -2.40. The number of nitrogens with one attached hydrogen (secondary N) is 1. The van der Waals surface area contributed by atoms with Gasteiger partial charge < -0.3 is 5.32 Å². The third kappa shape index (κ3) is 4.14. The van der Waals surface area contributed by atoms with Crippen LogP contribution in [-0.2, 0) is 14.4 Å². The number of rotatable bonds is 4. The molecule has 6 heteroatoms. The van der Waals surface area contributed by atoms with E-state index in [0.29, 0.717) is 24.2 Å². The van der Waals surface area contributed by atoms with Crippen LogP contribution in [0.3, 0.4) is 0 Å². The van der Waals surface area contributed by atoms with Crippen molar-refractivity contribution in [1.29, 1.82) is 0 Å². The normalized spacial score (nSPS) is 20.6. The van der Waals surface area contributed by atoms with Gasteiger partial charge in [0.2, 0.25) is 11.8 Å². The summed E-state index contributed by atoms with van der Waals surface area (Å²) in [6, 6.07) is 21.3. The second kappa shape index (κ2) is 8.79. The number of nitrogens with zero attached hydrogens (tertiary/aromatic N) is 1. The zero-order valence-electron chi connectivity index (χ0n) is 18.3. The number of allylic oxidation sites excluding steroid dienone is 2. The summed E-state index contributed by atoms with van der Waals surface area (Å²) in [5.74, 6) is -0.193. The molecule has 0 radical (unpaired) electrons. The van der Waals surface area contributed by atoms with Gasteiger partial charge in [-0.3, -0.25) is 19.3 Å². The summed E-state index contributed by atoms with van der Waals surface area (Å²) in [7, 11) is 0. The molecule has 2 aromatic carbocycles. The molecule has 1 N–H and O–H groups in total. The number of carbonyl (C=O) groups excluding carboxylic acids is 3. The standard InChI is InChI=1S/C27H24N2O3S/c1-17(30)28-20-9-11-21(12-10-20)29-23-14-19(18-6-3-2-4-7-18)15-24(31)27(23)22(16-26(29)32)25-8-5-13-33-25/h2-13,19,22H,14-16H2,1H3,(H,28,30). The number of hydrogen-bond acceptors (Lipinski definition) is 4. The van der Waals surface area contributed by atoms with Crippen LogP contribution in [0.4, 0.5) is 11.4 Å². The van der Waals surface area contributed by atoms with Gasteiger partial charge in [0, 0.05) is 53.2 Å². The van der Waals surface area contributed by atoms with E-state index in [1.165, 1.54) is 6.92 Å². The number of thiophene rings is 1. The molecule has 2 amide bonds. The Balaban J connectivity index is 1.59. The maximum Gasteiger partial charge on any atom is 0.232 e. The molecule has 3 aromatic rings. The Morgan fingerprint density at radius 1 is 0.939 bits per heavy atom. The van der Waals surface area contributed by atoms with Crippen LogP contribution in [0.5, 0.6) is 0 Å². The third-order valence-corrected chi connectivity index (χ3v) is 7.32. The van der Waals surface area contributed by atoms with Crippen molar-refractivity contribution in [2.75, 3.05) is 10.2 Å². The molecule has 0 spiro atoms. The summed E-state index contributed by atoms with van der Waals surface area (Å²) in [6.07, 6.45) is 1.36. The molecule has 0 bridgehead atoms. The molecule has 1 aliphatic heterocycles. The SMILES string of the molecule is CC(=O)Nc1ccc(N2C(=O)CC(c3cccs3)C3=C2CC(c2ccccc2)CC3=O)cc1. The Hall–Kier alpha value is -3.51. The van der Waals surface area contributed by atoms with E-state index in [-0.39, 0.29) is 35.9 Å². The number of benzene rings is 2. The molecular formula is C27H24N2O3S. The fourth-order valence-corrected chi connectivity index (χ4v) is 5.76. The predicted molar refractivity (Wildman–Crippen MR) is 130 cm³/mol. The van der Waals surface area contributed by atoms with Gasteiger partial charge in [-0.15, -0.1) is 11.3 Å². The van der Waals surface area contributed by atoms with E-state index in [2.05, 4.69) is 17.4 Å². The van der Waals surface area contributed by atoms with Crippen LogP contribution in [0.2, 0.25) is 0 Å². The number of Topliss-reactive ketones (excluding diaryl/α,β-unsaturated/α-hetero) is 1. The van der Waals surface area contributed by atoms with Crippen LogP contribution in [0.25, 0.3) is 0 Å². The van der Waals surface area contributed by atoms with E-state index in [9.17, 15) is 14.4 Å². The summed E-state index contributed by atoms with van der Waals surface area (Å²) in [4.78, 5) is 41.2. The van der Waals surface area contributed by atoms with Crippen LogP contribution >= 0.6 is 11.3 Å². The molecule has 0 fully saturated rings. The van der Waals surface area contributed by atoms with Gasteiger partial charge in [0.1, 0.15) is 0 Å².